The van der Waals surface area contributed by atoms with Crippen LogP contribution in [0, 0.1) is 0 Å². The molecule has 0 spiro atoms. The molecule has 1 aromatic carbocycles. The minimum Gasteiger partial charge on any atom is -0.497 e. The Morgan fingerprint density at radius 3 is 2.17 bits per heavy atom. The number of rotatable bonds is 4. The van der Waals surface area contributed by atoms with Crippen LogP contribution in [0.1, 0.15) is 10.6 Å². The lowest BCUT2D eigenvalue weighted by atomic mass is 10.1. The van der Waals surface area contributed by atoms with Crippen LogP contribution in [-0.2, 0) is 0 Å². The van der Waals surface area contributed by atoms with Gasteiger partial charge in [0.1, 0.15) is 17.3 Å². The van der Waals surface area contributed by atoms with Crippen molar-refractivity contribution in [3.63, 3.8) is 0 Å². The number of furan rings is 1. The first-order valence-electron chi connectivity index (χ1n) is 5.20. The van der Waals surface area contributed by atoms with Gasteiger partial charge >= 0.3 is 5.97 Å². The van der Waals surface area contributed by atoms with Gasteiger partial charge in [0.2, 0.25) is 5.76 Å². The van der Waals surface area contributed by atoms with Gasteiger partial charge in [-0.2, -0.15) is 0 Å². The van der Waals surface area contributed by atoms with Crippen LogP contribution in [0.2, 0.25) is 0 Å². The molecular formula is C13H12O5. The highest BCUT2D eigenvalue weighted by Crippen LogP contribution is 2.30. The van der Waals surface area contributed by atoms with Crippen LogP contribution in [0.4, 0.5) is 0 Å². The van der Waals surface area contributed by atoms with Gasteiger partial charge in [0, 0.05) is 11.6 Å². The first-order valence-corrected chi connectivity index (χ1v) is 5.20. The fourth-order valence-electron chi connectivity index (χ4n) is 1.56. The molecule has 0 aliphatic heterocycles. The van der Waals surface area contributed by atoms with Gasteiger partial charge in [-0.05, 0) is 24.3 Å². The first kappa shape index (κ1) is 12.0. The number of ether oxygens (including phenoxy) is 2. The zero-order valence-electron chi connectivity index (χ0n) is 9.97. The molecule has 2 rings (SSSR count). The number of aromatic carboxylic acids is 1. The standard InChI is InChI=1S/C13H12O5/c1-16-9-5-8(6-10(7-9)17-2)11-3-4-12(18-11)13(14)15/h3-7H,1-2H3,(H,14,15). The Labute approximate surface area is 104 Å². The van der Waals surface area contributed by atoms with Crippen LogP contribution in [0.3, 0.4) is 0 Å². The first-order chi connectivity index (χ1) is 8.63. The molecule has 0 radical (unpaired) electrons. The van der Waals surface area contributed by atoms with E-state index in [4.69, 9.17) is 19.0 Å². The van der Waals surface area contributed by atoms with Crippen LogP contribution in [0.25, 0.3) is 11.3 Å². The second kappa shape index (κ2) is 4.83. The molecule has 0 amide bonds. The van der Waals surface area contributed by atoms with E-state index in [0.717, 1.165) is 0 Å². The summed E-state index contributed by atoms with van der Waals surface area (Å²) in [4.78, 5) is 10.7. The van der Waals surface area contributed by atoms with Crippen molar-refractivity contribution < 1.29 is 23.8 Å². The summed E-state index contributed by atoms with van der Waals surface area (Å²) >= 11 is 0. The summed E-state index contributed by atoms with van der Waals surface area (Å²) in [7, 11) is 3.09. The molecule has 2 aromatic rings. The summed E-state index contributed by atoms with van der Waals surface area (Å²) in [6.07, 6.45) is 0. The van der Waals surface area contributed by atoms with Gasteiger partial charge in [0.15, 0.2) is 0 Å². The molecule has 94 valence electrons. The molecule has 1 N–H and O–H groups in total. The summed E-state index contributed by atoms with van der Waals surface area (Å²) in [6.45, 7) is 0. The molecular weight excluding hydrogens is 236 g/mol. The molecule has 1 aromatic heterocycles. The third-order valence-corrected chi connectivity index (χ3v) is 2.45. The lowest BCUT2D eigenvalue weighted by Gasteiger charge is -2.06. The van der Waals surface area contributed by atoms with Crippen molar-refractivity contribution in [3.8, 4) is 22.8 Å². The zero-order chi connectivity index (χ0) is 13.1. The second-order valence-corrected chi connectivity index (χ2v) is 3.57. The van der Waals surface area contributed by atoms with Crippen LogP contribution < -0.4 is 9.47 Å². The number of methoxy groups -OCH3 is 2. The van der Waals surface area contributed by atoms with Gasteiger partial charge < -0.3 is 19.0 Å². The topological polar surface area (TPSA) is 68.9 Å². The van der Waals surface area contributed by atoms with Gasteiger partial charge in [-0.15, -0.1) is 0 Å². The van der Waals surface area contributed by atoms with E-state index < -0.39 is 5.97 Å². The van der Waals surface area contributed by atoms with Crippen molar-refractivity contribution in [1.29, 1.82) is 0 Å². The highest BCUT2D eigenvalue weighted by molar-refractivity contribution is 5.85. The number of benzene rings is 1. The van der Waals surface area contributed by atoms with Gasteiger partial charge in [-0.1, -0.05) is 0 Å². The van der Waals surface area contributed by atoms with E-state index in [0.29, 0.717) is 22.8 Å². The fraction of sp³-hybridized carbons (Fsp3) is 0.154. The summed E-state index contributed by atoms with van der Waals surface area (Å²) in [5.41, 5.74) is 0.693. The molecule has 0 saturated carbocycles. The maximum atomic E-state index is 10.7. The van der Waals surface area contributed by atoms with E-state index in [-0.39, 0.29) is 5.76 Å². The van der Waals surface area contributed by atoms with Gasteiger partial charge in [-0.3, -0.25) is 0 Å². The molecule has 0 bridgehead atoms. The predicted octanol–water partition coefficient (Wildman–Crippen LogP) is 2.66. The smallest absolute Gasteiger partial charge is 0.371 e. The van der Waals surface area contributed by atoms with E-state index in [1.165, 1.54) is 6.07 Å². The molecule has 18 heavy (non-hydrogen) atoms. The molecule has 0 saturated heterocycles. The van der Waals surface area contributed by atoms with E-state index in [1.54, 1.807) is 38.5 Å². The molecule has 1 heterocycles. The molecule has 0 aliphatic rings. The molecule has 0 unspecified atom stereocenters. The summed E-state index contributed by atoms with van der Waals surface area (Å²) < 4.78 is 15.5. The van der Waals surface area contributed by atoms with Crippen molar-refractivity contribution >= 4 is 5.97 Å². The quantitative estimate of drug-likeness (QED) is 0.900. The lowest BCUT2D eigenvalue weighted by Crippen LogP contribution is -1.91. The normalized spacial score (nSPS) is 10.1. The average molecular weight is 248 g/mol. The Morgan fingerprint density at radius 1 is 1.11 bits per heavy atom. The number of carbonyl (C=O) groups is 1. The maximum Gasteiger partial charge on any atom is 0.371 e. The monoisotopic (exact) mass is 248 g/mol. The average Bonchev–Trinajstić information content (AvgIpc) is 2.87. The third-order valence-electron chi connectivity index (χ3n) is 2.45. The largest absolute Gasteiger partial charge is 0.497 e. The van der Waals surface area contributed by atoms with Crippen LogP contribution >= 0.6 is 0 Å². The summed E-state index contributed by atoms with van der Waals surface area (Å²) in [6, 6.07) is 8.21. The van der Waals surface area contributed by atoms with Crippen LogP contribution in [-0.4, -0.2) is 25.3 Å². The summed E-state index contributed by atoms with van der Waals surface area (Å²) in [5, 5.41) is 8.80. The summed E-state index contributed by atoms with van der Waals surface area (Å²) in [5.74, 6) is 0.461. The van der Waals surface area contributed by atoms with Crippen molar-refractivity contribution in [3.05, 3.63) is 36.1 Å². The fourth-order valence-corrected chi connectivity index (χ4v) is 1.56. The zero-order valence-corrected chi connectivity index (χ0v) is 9.97. The van der Waals surface area contributed by atoms with Gasteiger partial charge in [0.25, 0.3) is 0 Å². The Morgan fingerprint density at radius 2 is 1.72 bits per heavy atom. The Bertz CT molecular complexity index is 548. The van der Waals surface area contributed by atoms with Gasteiger partial charge in [-0.25, -0.2) is 4.79 Å². The van der Waals surface area contributed by atoms with Crippen LogP contribution in [0.5, 0.6) is 11.5 Å². The minimum absolute atomic E-state index is 0.105. The number of carboxylic acids is 1. The third kappa shape index (κ3) is 2.29. The molecule has 0 fully saturated rings. The Hall–Kier alpha value is -2.43. The highest BCUT2D eigenvalue weighted by Gasteiger charge is 2.12. The van der Waals surface area contributed by atoms with Gasteiger partial charge in [0.05, 0.1) is 14.2 Å². The van der Waals surface area contributed by atoms with E-state index in [2.05, 4.69) is 0 Å². The predicted molar refractivity (Wildman–Crippen MR) is 64.2 cm³/mol. The van der Waals surface area contributed by atoms with E-state index in [9.17, 15) is 4.79 Å². The molecule has 5 heteroatoms. The van der Waals surface area contributed by atoms with Crippen molar-refractivity contribution in [1.82, 2.24) is 0 Å². The minimum atomic E-state index is -1.10. The van der Waals surface area contributed by atoms with Crippen molar-refractivity contribution in [2.45, 2.75) is 0 Å². The highest BCUT2D eigenvalue weighted by atomic mass is 16.5. The van der Waals surface area contributed by atoms with Crippen LogP contribution in [0.15, 0.2) is 34.7 Å². The SMILES string of the molecule is COc1cc(OC)cc(-c2ccc(C(=O)O)o2)c1. The molecule has 0 aliphatic carbocycles. The van der Waals surface area contributed by atoms with E-state index in [1.807, 2.05) is 0 Å². The Balaban J connectivity index is 2.45. The number of hydrogen-bond acceptors (Lipinski definition) is 4. The lowest BCUT2D eigenvalue weighted by molar-refractivity contribution is 0.0663. The molecule has 0 atom stereocenters. The number of carboxylic acid groups (broad SMARTS) is 1. The molecule has 5 nitrogen and oxygen atoms in total. The van der Waals surface area contributed by atoms with Crippen molar-refractivity contribution in [2.75, 3.05) is 14.2 Å². The van der Waals surface area contributed by atoms with E-state index >= 15 is 0 Å². The van der Waals surface area contributed by atoms with Crippen molar-refractivity contribution in [2.24, 2.45) is 0 Å². The maximum absolute atomic E-state index is 10.7. The second-order valence-electron chi connectivity index (χ2n) is 3.57. The Kier molecular flexibility index (Phi) is 3.23. The number of hydrogen-bond donors (Lipinski definition) is 1.